The van der Waals surface area contributed by atoms with Crippen molar-refractivity contribution in [2.24, 2.45) is 11.7 Å². The van der Waals surface area contributed by atoms with Gasteiger partial charge in [-0.3, -0.25) is 4.79 Å². The van der Waals surface area contributed by atoms with E-state index >= 15 is 0 Å². The SMILES string of the molecule is Cc1ccc(C)c(CC(=O)C2CCC(N)C2)c1. The molecule has 17 heavy (non-hydrogen) atoms. The molecule has 2 unspecified atom stereocenters. The van der Waals surface area contributed by atoms with Crippen molar-refractivity contribution in [3.8, 4) is 0 Å². The van der Waals surface area contributed by atoms with Gasteiger partial charge in [0, 0.05) is 18.4 Å². The highest BCUT2D eigenvalue weighted by Gasteiger charge is 2.27. The lowest BCUT2D eigenvalue weighted by molar-refractivity contribution is -0.122. The third kappa shape index (κ3) is 2.95. The van der Waals surface area contributed by atoms with Crippen molar-refractivity contribution >= 4 is 5.78 Å². The van der Waals surface area contributed by atoms with E-state index in [0.29, 0.717) is 12.2 Å². The second kappa shape index (κ2) is 5.01. The lowest BCUT2D eigenvalue weighted by Gasteiger charge is -2.11. The van der Waals surface area contributed by atoms with Crippen LogP contribution in [0.2, 0.25) is 0 Å². The molecule has 2 rings (SSSR count). The number of carbonyl (C=O) groups is 1. The van der Waals surface area contributed by atoms with Gasteiger partial charge in [0.25, 0.3) is 0 Å². The Hall–Kier alpha value is -1.15. The van der Waals surface area contributed by atoms with Gasteiger partial charge >= 0.3 is 0 Å². The molecule has 1 aliphatic rings. The molecule has 0 radical (unpaired) electrons. The van der Waals surface area contributed by atoms with Crippen LogP contribution in [-0.2, 0) is 11.2 Å². The first-order valence-corrected chi connectivity index (χ1v) is 6.40. The van der Waals surface area contributed by atoms with Crippen LogP contribution in [0, 0.1) is 19.8 Å². The molecule has 1 aliphatic carbocycles. The van der Waals surface area contributed by atoms with Gasteiger partial charge in [-0.25, -0.2) is 0 Å². The molecule has 0 heterocycles. The predicted octanol–water partition coefficient (Wildman–Crippen LogP) is 2.54. The maximum atomic E-state index is 12.2. The van der Waals surface area contributed by atoms with Gasteiger partial charge in [0.2, 0.25) is 0 Å². The van der Waals surface area contributed by atoms with Crippen molar-refractivity contribution in [3.05, 3.63) is 34.9 Å². The average Bonchev–Trinajstić information content (AvgIpc) is 2.70. The van der Waals surface area contributed by atoms with Crippen molar-refractivity contribution in [2.45, 2.75) is 45.6 Å². The van der Waals surface area contributed by atoms with Gasteiger partial charge < -0.3 is 5.73 Å². The largest absolute Gasteiger partial charge is 0.328 e. The molecule has 0 bridgehead atoms. The van der Waals surface area contributed by atoms with Crippen LogP contribution >= 0.6 is 0 Å². The van der Waals surface area contributed by atoms with Crippen LogP contribution in [0.5, 0.6) is 0 Å². The Morgan fingerprint density at radius 3 is 2.76 bits per heavy atom. The summed E-state index contributed by atoms with van der Waals surface area (Å²) in [7, 11) is 0. The van der Waals surface area contributed by atoms with Crippen molar-refractivity contribution in [3.63, 3.8) is 0 Å². The number of Topliss-reactive ketones (excluding diaryl/α,β-unsaturated/α-hetero) is 1. The van der Waals surface area contributed by atoms with E-state index in [2.05, 4.69) is 32.0 Å². The molecule has 2 heteroatoms. The first-order chi connectivity index (χ1) is 8.06. The molecule has 1 aromatic rings. The summed E-state index contributed by atoms with van der Waals surface area (Å²) in [6.07, 6.45) is 3.43. The highest BCUT2D eigenvalue weighted by atomic mass is 16.1. The van der Waals surface area contributed by atoms with Crippen molar-refractivity contribution in [2.75, 3.05) is 0 Å². The van der Waals surface area contributed by atoms with E-state index in [1.807, 2.05) is 0 Å². The number of carbonyl (C=O) groups excluding carboxylic acids is 1. The fraction of sp³-hybridized carbons (Fsp3) is 0.533. The number of hydrogen-bond acceptors (Lipinski definition) is 2. The van der Waals surface area contributed by atoms with Crippen LogP contribution in [0.15, 0.2) is 18.2 Å². The minimum atomic E-state index is 0.199. The summed E-state index contributed by atoms with van der Waals surface area (Å²) < 4.78 is 0. The Balaban J connectivity index is 2.05. The zero-order chi connectivity index (χ0) is 12.4. The first-order valence-electron chi connectivity index (χ1n) is 6.40. The van der Waals surface area contributed by atoms with E-state index in [0.717, 1.165) is 19.3 Å². The van der Waals surface area contributed by atoms with Crippen LogP contribution in [0.25, 0.3) is 0 Å². The maximum Gasteiger partial charge on any atom is 0.140 e. The lowest BCUT2D eigenvalue weighted by Crippen LogP contribution is -2.19. The van der Waals surface area contributed by atoms with E-state index in [1.54, 1.807) is 0 Å². The number of nitrogens with two attached hydrogens (primary N) is 1. The molecule has 0 amide bonds. The molecule has 1 saturated carbocycles. The third-order valence-corrected chi connectivity index (χ3v) is 3.80. The van der Waals surface area contributed by atoms with Gasteiger partial charge in [-0.2, -0.15) is 0 Å². The number of benzene rings is 1. The van der Waals surface area contributed by atoms with Crippen LogP contribution in [0.3, 0.4) is 0 Å². The molecule has 2 N–H and O–H groups in total. The summed E-state index contributed by atoms with van der Waals surface area (Å²) in [5.74, 6) is 0.566. The fourth-order valence-corrected chi connectivity index (χ4v) is 2.63. The second-order valence-corrected chi connectivity index (χ2v) is 5.34. The number of hydrogen-bond donors (Lipinski definition) is 1. The summed E-state index contributed by atoms with van der Waals surface area (Å²) in [5.41, 5.74) is 9.47. The van der Waals surface area contributed by atoms with Gasteiger partial charge in [0.05, 0.1) is 0 Å². The normalized spacial score (nSPS) is 23.9. The Bertz CT molecular complexity index is 425. The monoisotopic (exact) mass is 231 g/mol. The number of rotatable bonds is 3. The van der Waals surface area contributed by atoms with E-state index in [9.17, 15) is 4.79 Å². The Morgan fingerprint density at radius 2 is 2.12 bits per heavy atom. The average molecular weight is 231 g/mol. The molecule has 0 spiro atoms. The maximum absolute atomic E-state index is 12.2. The Labute approximate surface area is 103 Å². The van der Waals surface area contributed by atoms with Gasteiger partial charge in [0.15, 0.2) is 0 Å². The minimum Gasteiger partial charge on any atom is -0.328 e. The van der Waals surface area contributed by atoms with Crippen molar-refractivity contribution in [1.29, 1.82) is 0 Å². The lowest BCUT2D eigenvalue weighted by atomic mass is 9.93. The van der Waals surface area contributed by atoms with Gasteiger partial charge in [-0.15, -0.1) is 0 Å². The van der Waals surface area contributed by atoms with Crippen molar-refractivity contribution in [1.82, 2.24) is 0 Å². The molecular formula is C15H21NO. The summed E-state index contributed by atoms with van der Waals surface area (Å²) in [4.78, 5) is 12.2. The topological polar surface area (TPSA) is 43.1 Å². The zero-order valence-electron chi connectivity index (χ0n) is 10.7. The number of ketones is 1. The highest BCUT2D eigenvalue weighted by molar-refractivity contribution is 5.84. The van der Waals surface area contributed by atoms with Gasteiger partial charge in [-0.05, 0) is 44.2 Å². The summed E-state index contributed by atoms with van der Waals surface area (Å²) in [6, 6.07) is 6.55. The molecule has 92 valence electrons. The molecule has 0 saturated heterocycles. The van der Waals surface area contributed by atoms with Crippen LogP contribution in [0.4, 0.5) is 0 Å². The highest BCUT2D eigenvalue weighted by Crippen LogP contribution is 2.26. The molecule has 2 atom stereocenters. The van der Waals surface area contributed by atoms with Crippen molar-refractivity contribution < 1.29 is 4.79 Å². The molecule has 0 aliphatic heterocycles. The summed E-state index contributed by atoms with van der Waals surface area (Å²) in [6.45, 7) is 4.14. The molecule has 1 fully saturated rings. The van der Waals surface area contributed by atoms with Gasteiger partial charge in [0.1, 0.15) is 5.78 Å². The standard InChI is InChI=1S/C15H21NO/c1-10-3-4-11(2)13(7-10)9-15(17)12-5-6-14(16)8-12/h3-4,7,12,14H,5-6,8-9,16H2,1-2H3. The molecule has 0 aromatic heterocycles. The van der Waals surface area contributed by atoms with E-state index in [4.69, 9.17) is 5.73 Å². The third-order valence-electron chi connectivity index (χ3n) is 3.80. The van der Waals surface area contributed by atoms with Crippen LogP contribution < -0.4 is 5.73 Å². The fourth-order valence-electron chi connectivity index (χ4n) is 2.63. The minimum absolute atomic E-state index is 0.199. The Morgan fingerprint density at radius 1 is 1.35 bits per heavy atom. The zero-order valence-corrected chi connectivity index (χ0v) is 10.7. The van der Waals surface area contributed by atoms with Gasteiger partial charge in [-0.1, -0.05) is 23.8 Å². The summed E-state index contributed by atoms with van der Waals surface area (Å²) in [5, 5.41) is 0. The van der Waals surface area contributed by atoms with E-state index in [-0.39, 0.29) is 12.0 Å². The van der Waals surface area contributed by atoms with E-state index < -0.39 is 0 Å². The smallest absolute Gasteiger partial charge is 0.140 e. The Kier molecular flexibility index (Phi) is 3.63. The molecule has 1 aromatic carbocycles. The predicted molar refractivity (Wildman–Crippen MR) is 69.9 cm³/mol. The molecule has 2 nitrogen and oxygen atoms in total. The second-order valence-electron chi connectivity index (χ2n) is 5.34. The van der Waals surface area contributed by atoms with E-state index in [1.165, 1.54) is 16.7 Å². The molecular weight excluding hydrogens is 210 g/mol. The quantitative estimate of drug-likeness (QED) is 0.868. The summed E-state index contributed by atoms with van der Waals surface area (Å²) >= 11 is 0. The van der Waals surface area contributed by atoms with Crippen LogP contribution in [0.1, 0.15) is 36.0 Å². The number of aryl methyl sites for hydroxylation is 2. The van der Waals surface area contributed by atoms with Crippen LogP contribution in [-0.4, -0.2) is 11.8 Å². The first kappa shape index (κ1) is 12.3.